The van der Waals surface area contributed by atoms with Gasteiger partial charge in [-0.05, 0) is 68.6 Å². The van der Waals surface area contributed by atoms with Crippen LogP contribution in [-0.2, 0) is 11.3 Å². The third-order valence-electron chi connectivity index (χ3n) is 5.32. The van der Waals surface area contributed by atoms with Gasteiger partial charge in [0.15, 0.2) is 17.5 Å². The molecule has 1 aromatic rings. The lowest BCUT2D eigenvalue weighted by Crippen LogP contribution is -2.37. The van der Waals surface area contributed by atoms with Gasteiger partial charge in [-0.2, -0.15) is 0 Å². The molecule has 1 aromatic carbocycles. The monoisotopic (exact) mass is 517 g/mol. The number of nitrogens with zero attached hydrogens (tertiary/aromatic N) is 1. The number of nitrogens with one attached hydrogen (secondary N) is 2. The SMILES string of the molecule is CN=C(NCCCOCC1CC1)NCc1ccc(OC2CCCC2)c(OC)c1.I. The maximum Gasteiger partial charge on any atom is 0.191 e. The summed E-state index contributed by atoms with van der Waals surface area (Å²) in [5, 5.41) is 6.69. The van der Waals surface area contributed by atoms with Crippen LogP contribution in [0.4, 0.5) is 0 Å². The van der Waals surface area contributed by atoms with E-state index in [4.69, 9.17) is 14.2 Å². The fourth-order valence-electron chi connectivity index (χ4n) is 3.43. The predicted octanol–water partition coefficient (Wildman–Crippen LogP) is 4.12. The molecule has 0 radical (unpaired) electrons. The van der Waals surface area contributed by atoms with E-state index in [1.54, 1.807) is 14.2 Å². The molecule has 2 fully saturated rings. The molecule has 2 aliphatic rings. The zero-order valence-electron chi connectivity index (χ0n) is 17.7. The highest BCUT2D eigenvalue weighted by molar-refractivity contribution is 14.0. The fraction of sp³-hybridized carbons (Fsp3) is 0.682. The molecule has 0 atom stereocenters. The van der Waals surface area contributed by atoms with Crippen LogP contribution in [0, 0.1) is 5.92 Å². The first-order chi connectivity index (χ1) is 13.8. The first-order valence-corrected chi connectivity index (χ1v) is 10.6. The van der Waals surface area contributed by atoms with Gasteiger partial charge in [-0.25, -0.2) is 0 Å². The number of hydrogen-bond donors (Lipinski definition) is 2. The normalized spacial score (nSPS) is 17.0. The second-order valence-corrected chi connectivity index (χ2v) is 7.73. The van der Waals surface area contributed by atoms with Gasteiger partial charge in [-0.1, -0.05) is 6.07 Å². The average Bonchev–Trinajstić information content (AvgIpc) is 3.41. The number of rotatable bonds is 11. The van der Waals surface area contributed by atoms with Crippen molar-refractivity contribution < 1.29 is 14.2 Å². The topological polar surface area (TPSA) is 64.1 Å². The highest BCUT2D eigenvalue weighted by Gasteiger charge is 2.21. The van der Waals surface area contributed by atoms with E-state index in [0.717, 1.165) is 68.0 Å². The van der Waals surface area contributed by atoms with Crippen LogP contribution in [0.5, 0.6) is 11.5 Å². The van der Waals surface area contributed by atoms with Crippen molar-refractivity contribution in [2.24, 2.45) is 10.9 Å². The van der Waals surface area contributed by atoms with Crippen LogP contribution in [0.2, 0.25) is 0 Å². The lowest BCUT2D eigenvalue weighted by Gasteiger charge is -2.17. The Morgan fingerprint density at radius 2 is 1.90 bits per heavy atom. The van der Waals surface area contributed by atoms with Crippen LogP contribution in [-0.4, -0.2) is 46.0 Å². The highest BCUT2D eigenvalue weighted by atomic mass is 127. The van der Waals surface area contributed by atoms with E-state index in [2.05, 4.69) is 21.7 Å². The van der Waals surface area contributed by atoms with Crippen LogP contribution in [0.25, 0.3) is 0 Å². The summed E-state index contributed by atoms with van der Waals surface area (Å²) in [5.41, 5.74) is 1.13. The Hall–Kier alpha value is -1.22. The molecule has 0 saturated heterocycles. The van der Waals surface area contributed by atoms with Crippen LogP contribution >= 0.6 is 24.0 Å². The number of hydrogen-bond acceptors (Lipinski definition) is 4. The molecule has 3 rings (SSSR count). The summed E-state index contributed by atoms with van der Waals surface area (Å²) in [6.07, 6.45) is 8.78. The van der Waals surface area contributed by atoms with Crippen molar-refractivity contribution in [2.45, 2.75) is 57.6 Å². The molecule has 2 aliphatic carbocycles. The number of methoxy groups -OCH3 is 1. The number of halogens is 1. The maximum absolute atomic E-state index is 6.11. The fourth-order valence-corrected chi connectivity index (χ4v) is 3.43. The Labute approximate surface area is 192 Å². The quantitative estimate of drug-likeness (QED) is 0.200. The minimum Gasteiger partial charge on any atom is -0.493 e. The lowest BCUT2D eigenvalue weighted by atomic mass is 10.2. The van der Waals surface area contributed by atoms with Crippen LogP contribution in [0.15, 0.2) is 23.2 Å². The van der Waals surface area contributed by atoms with E-state index in [-0.39, 0.29) is 24.0 Å². The van der Waals surface area contributed by atoms with Crippen LogP contribution < -0.4 is 20.1 Å². The van der Waals surface area contributed by atoms with Gasteiger partial charge in [0.25, 0.3) is 0 Å². The van der Waals surface area contributed by atoms with E-state index in [0.29, 0.717) is 12.6 Å². The molecule has 6 nitrogen and oxygen atoms in total. The Morgan fingerprint density at radius 3 is 2.59 bits per heavy atom. The minimum absolute atomic E-state index is 0. The number of ether oxygens (including phenoxy) is 3. The van der Waals surface area contributed by atoms with E-state index < -0.39 is 0 Å². The van der Waals surface area contributed by atoms with E-state index in [1.165, 1.54) is 25.7 Å². The molecule has 2 N–H and O–H groups in total. The molecule has 0 aliphatic heterocycles. The predicted molar refractivity (Wildman–Crippen MR) is 128 cm³/mol. The molecule has 0 unspecified atom stereocenters. The number of aliphatic imine (C=N–C) groups is 1. The Bertz CT molecular complexity index is 632. The molecule has 164 valence electrons. The van der Waals surface area contributed by atoms with Crippen molar-refractivity contribution in [1.82, 2.24) is 10.6 Å². The third-order valence-corrected chi connectivity index (χ3v) is 5.32. The molecule has 0 amide bonds. The molecular formula is C22H36IN3O3. The second kappa shape index (κ2) is 13.2. The summed E-state index contributed by atoms with van der Waals surface area (Å²) < 4.78 is 17.3. The summed E-state index contributed by atoms with van der Waals surface area (Å²) >= 11 is 0. The van der Waals surface area contributed by atoms with Crippen molar-refractivity contribution in [3.05, 3.63) is 23.8 Å². The second-order valence-electron chi connectivity index (χ2n) is 7.73. The maximum atomic E-state index is 6.11. The molecule has 2 saturated carbocycles. The molecule has 0 spiro atoms. The summed E-state index contributed by atoms with van der Waals surface area (Å²) in [6, 6.07) is 6.14. The largest absolute Gasteiger partial charge is 0.493 e. The van der Waals surface area contributed by atoms with E-state index in [9.17, 15) is 0 Å². The highest BCUT2D eigenvalue weighted by Crippen LogP contribution is 2.32. The Kier molecular flexibility index (Phi) is 10.9. The van der Waals surface area contributed by atoms with Gasteiger partial charge in [0, 0.05) is 33.4 Å². The van der Waals surface area contributed by atoms with Gasteiger partial charge >= 0.3 is 0 Å². The lowest BCUT2D eigenvalue weighted by molar-refractivity contribution is 0.123. The van der Waals surface area contributed by atoms with E-state index >= 15 is 0 Å². The average molecular weight is 517 g/mol. The smallest absolute Gasteiger partial charge is 0.191 e. The number of benzene rings is 1. The zero-order chi connectivity index (χ0) is 19.6. The van der Waals surface area contributed by atoms with Crippen molar-refractivity contribution in [1.29, 1.82) is 0 Å². The molecular weight excluding hydrogens is 481 g/mol. The third kappa shape index (κ3) is 8.58. The first kappa shape index (κ1) is 24.1. The van der Waals surface area contributed by atoms with Crippen LogP contribution in [0.3, 0.4) is 0 Å². The van der Waals surface area contributed by atoms with Crippen molar-refractivity contribution in [2.75, 3.05) is 33.9 Å². The van der Waals surface area contributed by atoms with Crippen LogP contribution in [0.1, 0.15) is 50.5 Å². The standard InChI is InChI=1S/C22H35N3O3.HI/c1-23-22(24-12-5-13-27-16-17-8-9-17)25-15-18-10-11-20(21(14-18)26-2)28-19-6-3-4-7-19;/h10-11,14,17,19H,3-9,12-13,15-16H2,1-2H3,(H2,23,24,25);1H. The molecule has 29 heavy (non-hydrogen) atoms. The van der Waals surface area contributed by atoms with Gasteiger partial charge in [0.1, 0.15) is 0 Å². The van der Waals surface area contributed by atoms with Gasteiger partial charge < -0.3 is 24.8 Å². The Balaban J connectivity index is 0.00000300. The minimum atomic E-state index is 0. The van der Waals surface area contributed by atoms with Gasteiger partial charge in [0.2, 0.25) is 0 Å². The van der Waals surface area contributed by atoms with E-state index in [1.807, 2.05) is 12.1 Å². The van der Waals surface area contributed by atoms with Gasteiger partial charge in [0.05, 0.1) is 13.2 Å². The molecule has 0 bridgehead atoms. The Morgan fingerprint density at radius 1 is 1.10 bits per heavy atom. The van der Waals surface area contributed by atoms with Gasteiger partial charge in [-0.3, -0.25) is 4.99 Å². The number of guanidine groups is 1. The molecule has 7 heteroatoms. The molecule has 0 aromatic heterocycles. The summed E-state index contributed by atoms with van der Waals surface area (Å²) in [5.74, 6) is 3.26. The summed E-state index contributed by atoms with van der Waals surface area (Å²) in [4.78, 5) is 4.29. The first-order valence-electron chi connectivity index (χ1n) is 10.6. The summed E-state index contributed by atoms with van der Waals surface area (Å²) in [6.45, 7) is 3.26. The zero-order valence-corrected chi connectivity index (χ0v) is 20.1. The summed E-state index contributed by atoms with van der Waals surface area (Å²) in [7, 11) is 3.48. The molecule has 0 heterocycles. The van der Waals surface area contributed by atoms with Crippen molar-refractivity contribution >= 4 is 29.9 Å². The van der Waals surface area contributed by atoms with Gasteiger partial charge in [-0.15, -0.1) is 24.0 Å². The van der Waals surface area contributed by atoms with Crippen molar-refractivity contribution in [3.8, 4) is 11.5 Å². The van der Waals surface area contributed by atoms with Crippen molar-refractivity contribution in [3.63, 3.8) is 0 Å².